The number of benzene rings is 1. The van der Waals surface area contributed by atoms with Crippen LogP contribution in [0.5, 0.6) is 0 Å². The topological polar surface area (TPSA) is 47.6 Å². The Bertz CT molecular complexity index is 491. The molecule has 0 aliphatic carbocycles. The van der Waals surface area contributed by atoms with E-state index in [0.717, 1.165) is 18.2 Å². The zero-order valence-corrected chi connectivity index (χ0v) is 10.7. The summed E-state index contributed by atoms with van der Waals surface area (Å²) in [7, 11) is 0. The van der Waals surface area contributed by atoms with Crippen LogP contribution in [0, 0.1) is 11.6 Å². The Kier molecular flexibility index (Phi) is 3.82. The molecule has 0 spiro atoms. The number of carbonyl (C=O) groups is 1. The number of halogens is 2. The third kappa shape index (κ3) is 3.48. The van der Waals surface area contributed by atoms with Gasteiger partial charge in [0, 0.05) is 6.54 Å². The number of amides is 1. The van der Waals surface area contributed by atoms with Gasteiger partial charge < -0.3 is 14.8 Å². The van der Waals surface area contributed by atoms with E-state index in [1.807, 2.05) is 0 Å². The van der Waals surface area contributed by atoms with Crippen molar-refractivity contribution in [3.63, 3.8) is 0 Å². The maximum atomic E-state index is 13.4. The summed E-state index contributed by atoms with van der Waals surface area (Å²) in [4.78, 5) is 11.7. The molecule has 1 atom stereocenters. The van der Waals surface area contributed by atoms with E-state index >= 15 is 0 Å². The maximum Gasteiger partial charge on any atom is 0.254 e. The number of rotatable bonds is 3. The van der Waals surface area contributed by atoms with E-state index in [1.165, 1.54) is 0 Å². The minimum Gasteiger partial charge on any atom is -0.349 e. The first-order valence-corrected chi connectivity index (χ1v) is 5.92. The molecule has 104 valence electrons. The first-order chi connectivity index (χ1) is 8.87. The fourth-order valence-corrected chi connectivity index (χ4v) is 1.84. The zero-order chi connectivity index (χ0) is 14.0. The Morgan fingerprint density at radius 2 is 2.21 bits per heavy atom. The van der Waals surface area contributed by atoms with Gasteiger partial charge in [-0.3, -0.25) is 4.79 Å². The summed E-state index contributed by atoms with van der Waals surface area (Å²) in [6.07, 6.45) is -0.296. The van der Waals surface area contributed by atoms with E-state index in [4.69, 9.17) is 9.47 Å². The van der Waals surface area contributed by atoms with Gasteiger partial charge in [0.1, 0.15) is 17.7 Å². The van der Waals surface area contributed by atoms with Crippen molar-refractivity contribution in [2.24, 2.45) is 0 Å². The van der Waals surface area contributed by atoms with Crippen molar-refractivity contribution in [2.45, 2.75) is 25.7 Å². The smallest absolute Gasteiger partial charge is 0.254 e. The summed E-state index contributed by atoms with van der Waals surface area (Å²) in [5.41, 5.74) is -0.321. The van der Waals surface area contributed by atoms with Crippen molar-refractivity contribution in [1.82, 2.24) is 5.32 Å². The molecule has 0 bridgehead atoms. The van der Waals surface area contributed by atoms with Crippen LogP contribution in [-0.2, 0) is 9.47 Å². The molecule has 1 aliphatic heterocycles. The lowest BCUT2D eigenvalue weighted by Crippen LogP contribution is -2.34. The lowest BCUT2D eigenvalue weighted by atomic mass is 10.2. The van der Waals surface area contributed by atoms with Gasteiger partial charge in [-0.25, -0.2) is 8.78 Å². The molecule has 1 heterocycles. The van der Waals surface area contributed by atoms with Crippen LogP contribution in [0.2, 0.25) is 0 Å². The molecule has 1 amide bonds. The Hall–Kier alpha value is -1.53. The highest BCUT2D eigenvalue weighted by molar-refractivity contribution is 5.94. The van der Waals surface area contributed by atoms with Crippen molar-refractivity contribution in [3.8, 4) is 0 Å². The Labute approximate surface area is 109 Å². The molecule has 1 unspecified atom stereocenters. The van der Waals surface area contributed by atoms with E-state index in [-0.39, 0.29) is 18.2 Å². The van der Waals surface area contributed by atoms with Gasteiger partial charge in [0.25, 0.3) is 5.91 Å². The Morgan fingerprint density at radius 1 is 1.47 bits per heavy atom. The SMILES string of the molecule is CC1(C)OCC(CNC(=O)c2cc(F)ccc2F)O1. The molecule has 1 fully saturated rings. The van der Waals surface area contributed by atoms with Crippen LogP contribution < -0.4 is 5.32 Å². The van der Waals surface area contributed by atoms with E-state index in [9.17, 15) is 13.6 Å². The summed E-state index contributed by atoms with van der Waals surface area (Å²) >= 11 is 0. The van der Waals surface area contributed by atoms with Crippen molar-refractivity contribution >= 4 is 5.91 Å². The molecule has 1 aliphatic rings. The molecular formula is C13H15F2NO3. The van der Waals surface area contributed by atoms with Crippen LogP contribution in [0.3, 0.4) is 0 Å². The predicted molar refractivity (Wildman–Crippen MR) is 63.6 cm³/mol. The van der Waals surface area contributed by atoms with Crippen molar-refractivity contribution in [3.05, 3.63) is 35.4 Å². The molecule has 4 nitrogen and oxygen atoms in total. The van der Waals surface area contributed by atoms with E-state index < -0.39 is 23.3 Å². The van der Waals surface area contributed by atoms with Crippen LogP contribution in [0.25, 0.3) is 0 Å². The second-order valence-electron chi connectivity index (χ2n) is 4.78. The minimum absolute atomic E-state index is 0.179. The van der Waals surface area contributed by atoms with E-state index in [2.05, 4.69) is 5.32 Å². The quantitative estimate of drug-likeness (QED) is 0.912. The van der Waals surface area contributed by atoms with Gasteiger partial charge in [-0.05, 0) is 32.0 Å². The van der Waals surface area contributed by atoms with Crippen molar-refractivity contribution in [2.75, 3.05) is 13.2 Å². The number of ether oxygens (including phenoxy) is 2. The molecule has 1 N–H and O–H groups in total. The lowest BCUT2D eigenvalue weighted by molar-refractivity contribution is -0.137. The Morgan fingerprint density at radius 3 is 2.84 bits per heavy atom. The summed E-state index contributed by atoms with van der Waals surface area (Å²) in [6, 6.07) is 2.74. The second-order valence-corrected chi connectivity index (χ2v) is 4.78. The molecule has 19 heavy (non-hydrogen) atoms. The maximum absolute atomic E-state index is 13.4. The summed E-state index contributed by atoms with van der Waals surface area (Å²) in [6.45, 7) is 4.05. The predicted octanol–water partition coefficient (Wildman–Crippen LogP) is 1.85. The molecule has 1 aromatic rings. The first kappa shape index (κ1) is 13.9. The van der Waals surface area contributed by atoms with Crippen LogP contribution in [-0.4, -0.2) is 30.9 Å². The highest BCUT2D eigenvalue weighted by Crippen LogP contribution is 2.21. The van der Waals surface area contributed by atoms with E-state index in [1.54, 1.807) is 13.8 Å². The summed E-state index contributed by atoms with van der Waals surface area (Å²) in [5.74, 6) is -2.78. The lowest BCUT2D eigenvalue weighted by Gasteiger charge is -2.17. The third-order valence-corrected chi connectivity index (χ3v) is 2.73. The van der Waals surface area contributed by atoms with Gasteiger partial charge in [-0.15, -0.1) is 0 Å². The van der Waals surface area contributed by atoms with Crippen LogP contribution in [0.15, 0.2) is 18.2 Å². The highest BCUT2D eigenvalue weighted by Gasteiger charge is 2.32. The van der Waals surface area contributed by atoms with Crippen LogP contribution >= 0.6 is 0 Å². The molecule has 1 saturated heterocycles. The van der Waals surface area contributed by atoms with Gasteiger partial charge in [-0.1, -0.05) is 0 Å². The third-order valence-electron chi connectivity index (χ3n) is 2.73. The number of hydrogen-bond donors (Lipinski definition) is 1. The second kappa shape index (κ2) is 5.22. The average Bonchev–Trinajstić information content (AvgIpc) is 2.69. The van der Waals surface area contributed by atoms with Gasteiger partial charge in [-0.2, -0.15) is 0 Å². The van der Waals surface area contributed by atoms with Crippen molar-refractivity contribution in [1.29, 1.82) is 0 Å². The standard InChI is InChI=1S/C13H15F2NO3/c1-13(2)18-7-9(19-13)6-16-12(17)10-5-8(14)3-4-11(10)15/h3-5,9H,6-7H2,1-2H3,(H,16,17). The largest absolute Gasteiger partial charge is 0.349 e. The molecule has 1 aromatic carbocycles. The number of hydrogen-bond acceptors (Lipinski definition) is 3. The van der Waals surface area contributed by atoms with Crippen LogP contribution in [0.1, 0.15) is 24.2 Å². The van der Waals surface area contributed by atoms with Gasteiger partial charge in [0.05, 0.1) is 12.2 Å². The van der Waals surface area contributed by atoms with Crippen LogP contribution in [0.4, 0.5) is 8.78 Å². The van der Waals surface area contributed by atoms with Gasteiger partial charge in [0.2, 0.25) is 0 Å². The summed E-state index contributed by atoms with van der Waals surface area (Å²) in [5, 5.41) is 2.50. The number of nitrogens with one attached hydrogen (secondary N) is 1. The molecule has 0 saturated carbocycles. The fraction of sp³-hybridized carbons (Fsp3) is 0.462. The molecule has 0 radical (unpaired) electrons. The zero-order valence-electron chi connectivity index (χ0n) is 10.7. The first-order valence-electron chi connectivity index (χ1n) is 5.92. The number of carbonyl (C=O) groups excluding carboxylic acids is 1. The monoisotopic (exact) mass is 271 g/mol. The van der Waals surface area contributed by atoms with Gasteiger partial charge in [0.15, 0.2) is 5.79 Å². The molecule has 2 rings (SSSR count). The minimum atomic E-state index is -0.761. The Balaban J connectivity index is 1.93. The fourth-order valence-electron chi connectivity index (χ4n) is 1.84. The summed E-state index contributed by atoms with van der Waals surface area (Å²) < 4.78 is 37.1. The normalized spacial score (nSPS) is 21.4. The molecule has 0 aromatic heterocycles. The molecular weight excluding hydrogens is 256 g/mol. The van der Waals surface area contributed by atoms with Gasteiger partial charge >= 0.3 is 0 Å². The van der Waals surface area contributed by atoms with Crippen molar-refractivity contribution < 1.29 is 23.0 Å². The molecule has 6 heteroatoms. The van der Waals surface area contributed by atoms with E-state index in [0.29, 0.717) is 6.61 Å². The average molecular weight is 271 g/mol. The highest BCUT2D eigenvalue weighted by atomic mass is 19.1.